The molecule has 0 saturated heterocycles. The first-order chi connectivity index (χ1) is 13.3. The topological polar surface area (TPSA) is 8.81 Å². The third-order valence-electron chi connectivity index (χ3n) is 5.55. The Morgan fingerprint density at radius 1 is 0.741 bits per heavy atom. The molecule has 0 radical (unpaired) electrons. The molecule has 1 aromatic heterocycles. The van der Waals surface area contributed by atoms with Gasteiger partial charge in [-0.3, -0.25) is 0 Å². The highest BCUT2D eigenvalue weighted by Crippen LogP contribution is 2.12. The normalized spacial score (nSPS) is 11.2. The van der Waals surface area contributed by atoms with Crippen molar-refractivity contribution in [3.8, 4) is 0 Å². The second kappa shape index (κ2) is 13.6. The zero-order valence-electron chi connectivity index (χ0n) is 17.8. The van der Waals surface area contributed by atoms with E-state index >= 15 is 0 Å². The number of imidazole rings is 1. The van der Waals surface area contributed by atoms with E-state index in [9.17, 15) is 0 Å². The van der Waals surface area contributed by atoms with Crippen molar-refractivity contribution in [3.05, 3.63) is 54.1 Å². The predicted molar refractivity (Wildman–Crippen MR) is 116 cm³/mol. The monoisotopic (exact) mass is 369 g/mol. The molecule has 27 heavy (non-hydrogen) atoms. The summed E-state index contributed by atoms with van der Waals surface area (Å²) in [6.45, 7) is 6.87. The molecule has 0 fully saturated rings. The summed E-state index contributed by atoms with van der Waals surface area (Å²) in [5, 5.41) is 0. The number of unbranched alkanes of at least 4 members (excludes halogenated alkanes) is 9. The van der Waals surface area contributed by atoms with Crippen LogP contribution in [-0.4, -0.2) is 4.57 Å². The van der Waals surface area contributed by atoms with Gasteiger partial charge in [-0.25, -0.2) is 9.13 Å². The zero-order chi connectivity index (χ0) is 19.2. The summed E-state index contributed by atoms with van der Waals surface area (Å²) in [4.78, 5) is 0. The molecular weight excluding hydrogens is 328 g/mol. The number of nitrogens with zero attached hydrogens (tertiary/aromatic N) is 2. The van der Waals surface area contributed by atoms with Crippen molar-refractivity contribution < 1.29 is 4.57 Å². The molecule has 0 spiro atoms. The van der Waals surface area contributed by atoms with Crippen molar-refractivity contribution in [3.63, 3.8) is 0 Å². The van der Waals surface area contributed by atoms with Gasteiger partial charge in [0.2, 0.25) is 0 Å². The minimum atomic E-state index is 1.04. The van der Waals surface area contributed by atoms with Gasteiger partial charge in [-0.1, -0.05) is 95.5 Å². The molecule has 2 rings (SSSR count). The number of benzene rings is 1. The number of hydrogen-bond acceptors (Lipinski definition) is 0. The largest absolute Gasteiger partial charge is 0.260 e. The quantitative estimate of drug-likeness (QED) is 0.244. The number of rotatable bonds is 15. The molecule has 0 saturated carbocycles. The highest BCUT2D eigenvalue weighted by Gasteiger charge is 2.17. The standard InChI is InChI=1S/C25H41N2/c1-3-5-7-8-9-10-11-12-16-20-27-22-21-26(19-6-4-2)25(27)23-24-17-14-13-15-18-24/h13-15,17-18,21-22H,3-12,16,19-20,23H2,1-2H3/q+1. The van der Waals surface area contributed by atoms with Gasteiger partial charge in [0.05, 0.1) is 19.5 Å². The first-order valence-electron chi connectivity index (χ1n) is 11.5. The van der Waals surface area contributed by atoms with Crippen molar-refractivity contribution in [2.75, 3.05) is 0 Å². The maximum absolute atomic E-state index is 2.50. The lowest BCUT2D eigenvalue weighted by molar-refractivity contribution is -0.703. The zero-order valence-corrected chi connectivity index (χ0v) is 17.8. The van der Waals surface area contributed by atoms with Crippen molar-refractivity contribution in [1.82, 2.24) is 4.57 Å². The van der Waals surface area contributed by atoms with Gasteiger partial charge in [-0.2, -0.15) is 0 Å². The molecule has 1 heterocycles. The predicted octanol–water partition coefficient (Wildman–Crippen LogP) is 6.70. The summed E-state index contributed by atoms with van der Waals surface area (Å²) in [6, 6.07) is 10.9. The Bertz CT molecular complexity index is 600. The Morgan fingerprint density at radius 3 is 2.04 bits per heavy atom. The first kappa shape index (κ1) is 21.7. The van der Waals surface area contributed by atoms with Gasteiger partial charge in [0.15, 0.2) is 0 Å². The smallest absolute Gasteiger partial charge is 0.234 e. The summed E-state index contributed by atoms with van der Waals surface area (Å²) in [5.41, 5.74) is 1.41. The van der Waals surface area contributed by atoms with E-state index in [1.165, 1.54) is 82.0 Å². The van der Waals surface area contributed by atoms with Crippen LogP contribution in [0.1, 0.15) is 95.9 Å². The molecule has 0 aliphatic heterocycles. The van der Waals surface area contributed by atoms with Crippen LogP contribution in [0.2, 0.25) is 0 Å². The van der Waals surface area contributed by atoms with E-state index < -0.39 is 0 Å². The van der Waals surface area contributed by atoms with E-state index in [4.69, 9.17) is 0 Å². The van der Waals surface area contributed by atoms with Crippen molar-refractivity contribution in [1.29, 1.82) is 0 Å². The molecular formula is C25H41N2+. The molecule has 0 amide bonds. The number of aryl methyl sites for hydroxylation is 2. The molecule has 0 atom stereocenters. The molecule has 0 bridgehead atoms. The summed E-state index contributed by atoms with van der Waals surface area (Å²) in [6.07, 6.45) is 20.7. The van der Waals surface area contributed by atoms with Crippen molar-refractivity contribution in [2.24, 2.45) is 0 Å². The van der Waals surface area contributed by atoms with E-state index in [0.29, 0.717) is 0 Å². The van der Waals surface area contributed by atoms with Crippen LogP contribution in [0.15, 0.2) is 42.7 Å². The molecule has 2 aromatic rings. The summed E-state index contributed by atoms with van der Waals surface area (Å²) >= 11 is 0. The SMILES string of the molecule is CCCCCCCCCCCn1cc[n+](CCCC)c1Cc1ccccc1. The second-order valence-corrected chi connectivity index (χ2v) is 7.95. The van der Waals surface area contributed by atoms with Crippen LogP contribution in [0.3, 0.4) is 0 Å². The molecule has 2 heteroatoms. The van der Waals surface area contributed by atoms with E-state index in [1.54, 1.807) is 0 Å². The molecule has 1 aromatic carbocycles. The van der Waals surface area contributed by atoms with Crippen molar-refractivity contribution >= 4 is 0 Å². The van der Waals surface area contributed by atoms with Gasteiger partial charge in [0.25, 0.3) is 5.82 Å². The maximum Gasteiger partial charge on any atom is 0.260 e. The summed E-state index contributed by atoms with van der Waals surface area (Å²) < 4.78 is 4.98. The Kier molecular flexibility index (Phi) is 10.9. The molecule has 0 N–H and O–H groups in total. The average Bonchev–Trinajstić information content (AvgIpc) is 3.07. The Balaban J connectivity index is 1.80. The van der Waals surface area contributed by atoms with Crippen LogP contribution in [0.25, 0.3) is 0 Å². The third kappa shape index (κ3) is 8.32. The highest BCUT2D eigenvalue weighted by molar-refractivity contribution is 5.18. The average molecular weight is 370 g/mol. The van der Waals surface area contributed by atoms with Gasteiger partial charge in [-0.05, 0) is 24.8 Å². The lowest BCUT2D eigenvalue weighted by atomic mass is 10.1. The van der Waals surface area contributed by atoms with Crippen LogP contribution >= 0.6 is 0 Å². The fourth-order valence-corrected chi connectivity index (χ4v) is 3.81. The minimum Gasteiger partial charge on any atom is -0.234 e. The van der Waals surface area contributed by atoms with E-state index in [2.05, 4.69) is 65.7 Å². The number of aromatic nitrogens is 2. The Labute approximate surface area is 167 Å². The van der Waals surface area contributed by atoms with Crippen molar-refractivity contribution in [2.45, 2.75) is 104 Å². The maximum atomic E-state index is 2.50. The minimum absolute atomic E-state index is 1.04. The highest BCUT2D eigenvalue weighted by atomic mass is 15.1. The Morgan fingerprint density at radius 2 is 1.37 bits per heavy atom. The van der Waals surface area contributed by atoms with Gasteiger partial charge in [0.1, 0.15) is 12.4 Å². The molecule has 0 aliphatic rings. The molecule has 0 unspecified atom stereocenters. The molecule has 2 nitrogen and oxygen atoms in total. The number of hydrogen-bond donors (Lipinski definition) is 0. The van der Waals surface area contributed by atoms with Crippen LogP contribution in [-0.2, 0) is 19.5 Å². The molecule has 150 valence electrons. The lowest BCUT2D eigenvalue weighted by Crippen LogP contribution is -2.37. The lowest BCUT2D eigenvalue weighted by Gasteiger charge is -2.06. The van der Waals surface area contributed by atoms with E-state index in [1.807, 2.05) is 0 Å². The van der Waals surface area contributed by atoms with E-state index in [0.717, 1.165) is 19.5 Å². The van der Waals surface area contributed by atoms with Gasteiger partial charge in [-0.15, -0.1) is 0 Å². The van der Waals surface area contributed by atoms with Crippen LogP contribution in [0, 0.1) is 0 Å². The first-order valence-corrected chi connectivity index (χ1v) is 11.5. The van der Waals surface area contributed by atoms with Crippen LogP contribution in [0.5, 0.6) is 0 Å². The second-order valence-electron chi connectivity index (χ2n) is 7.95. The Hall–Kier alpha value is -1.57. The van der Waals surface area contributed by atoms with Gasteiger partial charge < -0.3 is 0 Å². The van der Waals surface area contributed by atoms with Crippen LogP contribution in [0.4, 0.5) is 0 Å². The van der Waals surface area contributed by atoms with Gasteiger partial charge in [0, 0.05) is 0 Å². The fourth-order valence-electron chi connectivity index (χ4n) is 3.81. The van der Waals surface area contributed by atoms with E-state index in [-0.39, 0.29) is 0 Å². The molecule has 0 aliphatic carbocycles. The summed E-state index contributed by atoms with van der Waals surface area (Å²) in [5.74, 6) is 1.47. The van der Waals surface area contributed by atoms with Crippen LogP contribution < -0.4 is 4.57 Å². The third-order valence-corrected chi connectivity index (χ3v) is 5.55. The van der Waals surface area contributed by atoms with Gasteiger partial charge >= 0.3 is 0 Å². The summed E-state index contributed by atoms with van der Waals surface area (Å²) in [7, 11) is 0. The fraction of sp³-hybridized carbons (Fsp3) is 0.640.